The van der Waals surface area contributed by atoms with Crippen molar-refractivity contribution in [3.05, 3.63) is 23.8 Å². The molecule has 0 atom stereocenters. The minimum absolute atomic E-state index is 0.122. The molecule has 1 amide bonds. The quantitative estimate of drug-likeness (QED) is 0.785. The number of rotatable bonds is 6. The highest BCUT2D eigenvalue weighted by atomic mass is 16.5. The molecule has 1 aliphatic rings. The molecule has 21 heavy (non-hydrogen) atoms. The van der Waals surface area contributed by atoms with E-state index in [1.807, 2.05) is 6.92 Å². The third-order valence-electron chi connectivity index (χ3n) is 3.74. The van der Waals surface area contributed by atoms with Crippen molar-refractivity contribution in [1.29, 1.82) is 0 Å². The van der Waals surface area contributed by atoms with Crippen LogP contribution in [0.4, 0.5) is 5.69 Å². The lowest BCUT2D eigenvalue weighted by Crippen LogP contribution is -2.37. The van der Waals surface area contributed by atoms with E-state index >= 15 is 0 Å². The van der Waals surface area contributed by atoms with E-state index < -0.39 is 0 Å². The van der Waals surface area contributed by atoms with Gasteiger partial charge < -0.3 is 20.7 Å². The maximum atomic E-state index is 12.3. The summed E-state index contributed by atoms with van der Waals surface area (Å²) in [6, 6.07) is 5.27. The topological polar surface area (TPSA) is 67.6 Å². The molecule has 0 saturated carbocycles. The number of nitrogens with zero attached hydrogens (tertiary/aromatic N) is 1. The number of likely N-dealkylation sites (tertiary alicyclic amines) is 1. The summed E-state index contributed by atoms with van der Waals surface area (Å²) in [5, 5.41) is 2.96. The van der Waals surface area contributed by atoms with Crippen molar-refractivity contribution >= 4 is 11.6 Å². The predicted octanol–water partition coefficient (Wildman–Crippen LogP) is 1.88. The van der Waals surface area contributed by atoms with Crippen molar-refractivity contribution in [2.45, 2.75) is 26.2 Å². The number of nitrogens with one attached hydrogen (secondary N) is 1. The van der Waals surface area contributed by atoms with Crippen LogP contribution in [0, 0.1) is 0 Å². The van der Waals surface area contributed by atoms with Gasteiger partial charge in [-0.2, -0.15) is 0 Å². The van der Waals surface area contributed by atoms with Crippen LogP contribution in [-0.4, -0.2) is 43.6 Å². The largest absolute Gasteiger partial charge is 0.491 e. The molecule has 0 aromatic heterocycles. The summed E-state index contributed by atoms with van der Waals surface area (Å²) >= 11 is 0. The van der Waals surface area contributed by atoms with E-state index in [2.05, 4.69) is 10.2 Å². The van der Waals surface area contributed by atoms with Crippen molar-refractivity contribution in [3.8, 4) is 5.75 Å². The van der Waals surface area contributed by atoms with Gasteiger partial charge in [0.25, 0.3) is 5.91 Å². The lowest BCUT2D eigenvalue weighted by atomic mass is 10.1. The fourth-order valence-electron chi connectivity index (χ4n) is 2.64. The number of nitrogen functional groups attached to an aromatic ring is 1. The Hall–Kier alpha value is -1.75. The number of hydrogen-bond acceptors (Lipinski definition) is 4. The zero-order valence-electron chi connectivity index (χ0n) is 12.7. The summed E-state index contributed by atoms with van der Waals surface area (Å²) in [7, 11) is 0. The van der Waals surface area contributed by atoms with Crippen LogP contribution < -0.4 is 15.8 Å². The van der Waals surface area contributed by atoms with Crippen LogP contribution >= 0.6 is 0 Å². The average molecular weight is 291 g/mol. The first-order valence-corrected chi connectivity index (χ1v) is 7.74. The first kappa shape index (κ1) is 15.6. The number of para-hydroxylation sites is 1. The van der Waals surface area contributed by atoms with Crippen LogP contribution in [0.15, 0.2) is 18.2 Å². The van der Waals surface area contributed by atoms with Gasteiger partial charge in [-0.15, -0.1) is 0 Å². The first-order valence-electron chi connectivity index (χ1n) is 7.74. The standard InChI is InChI=1S/C16H25N3O2/c1-2-21-15-13(7-6-8-14(15)17)16(20)18-9-12-19-10-4-3-5-11-19/h6-8H,2-5,9-12,17H2,1H3,(H,18,20). The van der Waals surface area contributed by atoms with E-state index in [0.717, 1.165) is 19.6 Å². The molecule has 0 aliphatic carbocycles. The Balaban J connectivity index is 1.89. The summed E-state index contributed by atoms with van der Waals surface area (Å²) in [6.07, 6.45) is 3.85. The molecule has 116 valence electrons. The highest BCUT2D eigenvalue weighted by molar-refractivity contribution is 5.98. The van der Waals surface area contributed by atoms with Gasteiger partial charge in [0.05, 0.1) is 17.9 Å². The van der Waals surface area contributed by atoms with E-state index in [1.165, 1.54) is 19.3 Å². The molecular formula is C16H25N3O2. The van der Waals surface area contributed by atoms with E-state index in [-0.39, 0.29) is 5.91 Å². The van der Waals surface area contributed by atoms with Crippen LogP contribution in [0.1, 0.15) is 36.5 Å². The fraction of sp³-hybridized carbons (Fsp3) is 0.562. The normalized spacial score (nSPS) is 15.7. The van der Waals surface area contributed by atoms with Gasteiger partial charge in [0, 0.05) is 13.1 Å². The maximum Gasteiger partial charge on any atom is 0.255 e. The number of nitrogens with two attached hydrogens (primary N) is 1. The molecule has 1 fully saturated rings. The average Bonchev–Trinajstić information content (AvgIpc) is 2.50. The zero-order valence-corrected chi connectivity index (χ0v) is 12.7. The summed E-state index contributed by atoms with van der Waals surface area (Å²) in [5.41, 5.74) is 6.89. The van der Waals surface area contributed by atoms with Crippen LogP contribution in [-0.2, 0) is 0 Å². The van der Waals surface area contributed by atoms with Crippen molar-refractivity contribution in [2.24, 2.45) is 0 Å². The Kier molecular flexibility index (Phi) is 5.87. The number of anilines is 1. The van der Waals surface area contributed by atoms with E-state index in [1.54, 1.807) is 18.2 Å². The molecular weight excluding hydrogens is 266 g/mol. The first-order chi connectivity index (χ1) is 10.2. The Labute approximate surface area is 126 Å². The van der Waals surface area contributed by atoms with Crippen LogP contribution in [0.5, 0.6) is 5.75 Å². The minimum atomic E-state index is -0.122. The predicted molar refractivity (Wildman–Crippen MR) is 84.6 cm³/mol. The smallest absolute Gasteiger partial charge is 0.255 e. The Bertz CT molecular complexity index is 471. The van der Waals surface area contributed by atoms with Gasteiger partial charge in [-0.1, -0.05) is 12.5 Å². The Morgan fingerprint density at radius 3 is 2.81 bits per heavy atom. The van der Waals surface area contributed by atoms with Crippen molar-refractivity contribution in [2.75, 3.05) is 38.5 Å². The number of piperidine rings is 1. The summed E-state index contributed by atoms with van der Waals surface area (Å²) in [6.45, 7) is 6.20. The second-order valence-corrected chi connectivity index (χ2v) is 5.32. The monoisotopic (exact) mass is 291 g/mol. The van der Waals surface area contributed by atoms with Gasteiger partial charge in [0.1, 0.15) is 0 Å². The van der Waals surface area contributed by atoms with Gasteiger partial charge in [-0.05, 0) is 45.0 Å². The minimum Gasteiger partial charge on any atom is -0.491 e. The molecule has 0 bridgehead atoms. The summed E-state index contributed by atoms with van der Waals surface area (Å²) in [4.78, 5) is 14.7. The molecule has 5 heteroatoms. The molecule has 2 rings (SSSR count). The Morgan fingerprint density at radius 2 is 2.10 bits per heavy atom. The number of ether oxygens (including phenoxy) is 1. The SMILES string of the molecule is CCOc1c(N)cccc1C(=O)NCCN1CCCCC1. The molecule has 1 aromatic carbocycles. The highest BCUT2D eigenvalue weighted by Gasteiger charge is 2.15. The lowest BCUT2D eigenvalue weighted by Gasteiger charge is -2.26. The molecule has 0 spiro atoms. The van der Waals surface area contributed by atoms with Gasteiger partial charge in [-0.25, -0.2) is 0 Å². The van der Waals surface area contributed by atoms with E-state index in [9.17, 15) is 4.79 Å². The van der Waals surface area contributed by atoms with Crippen molar-refractivity contribution in [3.63, 3.8) is 0 Å². The third kappa shape index (κ3) is 4.36. The Morgan fingerprint density at radius 1 is 1.33 bits per heavy atom. The number of hydrogen-bond donors (Lipinski definition) is 2. The number of carbonyl (C=O) groups excluding carboxylic acids is 1. The maximum absolute atomic E-state index is 12.3. The lowest BCUT2D eigenvalue weighted by molar-refractivity contribution is 0.0943. The van der Waals surface area contributed by atoms with Gasteiger partial charge in [-0.3, -0.25) is 4.79 Å². The van der Waals surface area contributed by atoms with Crippen LogP contribution in [0.3, 0.4) is 0 Å². The number of benzene rings is 1. The van der Waals surface area contributed by atoms with Crippen LogP contribution in [0.25, 0.3) is 0 Å². The molecule has 1 aromatic rings. The fourth-order valence-corrected chi connectivity index (χ4v) is 2.64. The molecule has 0 unspecified atom stereocenters. The zero-order chi connectivity index (χ0) is 15.1. The molecule has 5 nitrogen and oxygen atoms in total. The van der Waals surface area contributed by atoms with Crippen molar-refractivity contribution in [1.82, 2.24) is 10.2 Å². The van der Waals surface area contributed by atoms with E-state index in [4.69, 9.17) is 10.5 Å². The molecule has 1 saturated heterocycles. The molecule has 1 heterocycles. The molecule has 1 aliphatic heterocycles. The highest BCUT2D eigenvalue weighted by Crippen LogP contribution is 2.26. The number of amides is 1. The number of carbonyl (C=O) groups is 1. The summed E-state index contributed by atoms with van der Waals surface area (Å²) in [5.74, 6) is 0.359. The van der Waals surface area contributed by atoms with E-state index in [0.29, 0.717) is 30.2 Å². The second-order valence-electron chi connectivity index (χ2n) is 5.32. The van der Waals surface area contributed by atoms with Crippen LogP contribution in [0.2, 0.25) is 0 Å². The van der Waals surface area contributed by atoms with Gasteiger partial charge >= 0.3 is 0 Å². The molecule has 0 radical (unpaired) electrons. The molecule has 3 N–H and O–H groups in total. The second kappa shape index (κ2) is 7.88. The van der Waals surface area contributed by atoms with Crippen molar-refractivity contribution < 1.29 is 9.53 Å². The van der Waals surface area contributed by atoms with Gasteiger partial charge in [0.2, 0.25) is 0 Å². The summed E-state index contributed by atoms with van der Waals surface area (Å²) < 4.78 is 5.49. The van der Waals surface area contributed by atoms with Gasteiger partial charge in [0.15, 0.2) is 5.75 Å². The third-order valence-corrected chi connectivity index (χ3v) is 3.74.